The molecule has 0 aromatic heterocycles. The Kier molecular flexibility index (Phi) is 5.45. The molecule has 27 heavy (non-hydrogen) atoms. The Bertz CT molecular complexity index is 826. The van der Waals surface area contributed by atoms with Crippen molar-refractivity contribution in [2.24, 2.45) is 0 Å². The summed E-state index contributed by atoms with van der Waals surface area (Å²) in [4.78, 5) is 12.6. The Labute approximate surface area is 161 Å². The number of rotatable bonds is 5. The molecular formula is C23H29NO3. The zero-order valence-electron chi connectivity index (χ0n) is 16.8. The van der Waals surface area contributed by atoms with Gasteiger partial charge in [0.15, 0.2) is 6.61 Å². The minimum absolute atomic E-state index is 0.00310. The standard InChI is InChI=1S/C23H29NO3/c1-15(2)17-11-10-16(3)12-21(17)26-14-22(25)24-19-13-23(4,5)27-20-9-7-6-8-18(19)20/h6-12,15,19H,13-14H2,1-5H3,(H,24,25). The molecule has 1 aliphatic heterocycles. The second-order valence-electron chi connectivity index (χ2n) is 8.21. The average Bonchev–Trinajstić information content (AvgIpc) is 2.58. The Morgan fingerprint density at radius 1 is 1.26 bits per heavy atom. The number of para-hydroxylation sites is 1. The lowest BCUT2D eigenvalue weighted by atomic mass is 9.89. The van der Waals surface area contributed by atoms with Crippen LogP contribution in [0, 0.1) is 6.92 Å². The first-order chi connectivity index (χ1) is 12.7. The number of ether oxygens (including phenoxy) is 2. The lowest BCUT2D eigenvalue weighted by molar-refractivity contribution is -0.124. The fourth-order valence-electron chi connectivity index (χ4n) is 3.55. The van der Waals surface area contributed by atoms with E-state index in [1.165, 1.54) is 0 Å². The number of carbonyl (C=O) groups is 1. The molecule has 1 unspecified atom stereocenters. The molecule has 1 atom stereocenters. The third kappa shape index (κ3) is 4.62. The van der Waals surface area contributed by atoms with Crippen molar-refractivity contribution in [1.82, 2.24) is 5.32 Å². The summed E-state index contributed by atoms with van der Waals surface area (Å²) in [6.07, 6.45) is 0.720. The number of aryl methyl sites for hydroxylation is 1. The molecule has 1 N–H and O–H groups in total. The van der Waals surface area contributed by atoms with Crippen molar-refractivity contribution in [2.45, 2.75) is 58.6 Å². The molecule has 1 heterocycles. The molecule has 4 heteroatoms. The molecule has 0 aliphatic carbocycles. The summed E-state index contributed by atoms with van der Waals surface area (Å²) >= 11 is 0. The number of carbonyl (C=O) groups excluding carboxylic acids is 1. The summed E-state index contributed by atoms with van der Waals surface area (Å²) in [6.45, 7) is 10.4. The molecule has 0 saturated carbocycles. The number of nitrogens with one attached hydrogen (secondary N) is 1. The number of amides is 1. The molecule has 3 rings (SSSR count). The Morgan fingerprint density at radius 3 is 2.74 bits per heavy atom. The van der Waals surface area contributed by atoms with E-state index in [9.17, 15) is 4.79 Å². The molecule has 2 aromatic rings. The topological polar surface area (TPSA) is 47.6 Å². The highest BCUT2D eigenvalue weighted by atomic mass is 16.5. The van der Waals surface area contributed by atoms with Gasteiger partial charge in [-0.15, -0.1) is 0 Å². The number of hydrogen-bond acceptors (Lipinski definition) is 3. The fraction of sp³-hybridized carbons (Fsp3) is 0.435. The summed E-state index contributed by atoms with van der Waals surface area (Å²) < 4.78 is 11.9. The first-order valence-corrected chi connectivity index (χ1v) is 9.56. The zero-order chi connectivity index (χ0) is 19.6. The van der Waals surface area contributed by atoms with Crippen molar-refractivity contribution in [2.75, 3.05) is 6.61 Å². The molecule has 4 nitrogen and oxygen atoms in total. The van der Waals surface area contributed by atoms with E-state index in [0.717, 1.165) is 34.6 Å². The van der Waals surface area contributed by atoms with Crippen molar-refractivity contribution in [1.29, 1.82) is 0 Å². The highest BCUT2D eigenvalue weighted by Crippen LogP contribution is 2.39. The number of hydrogen-bond donors (Lipinski definition) is 1. The van der Waals surface area contributed by atoms with Crippen molar-refractivity contribution in [3.63, 3.8) is 0 Å². The minimum Gasteiger partial charge on any atom is -0.487 e. The van der Waals surface area contributed by atoms with Crippen molar-refractivity contribution >= 4 is 5.91 Å². The third-order valence-electron chi connectivity index (χ3n) is 4.86. The maximum absolute atomic E-state index is 12.6. The van der Waals surface area contributed by atoms with Gasteiger partial charge in [0.05, 0.1) is 6.04 Å². The van der Waals surface area contributed by atoms with Gasteiger partial charge in [-0.25, -0.2) is 0 Å². The zero-order valence-corrected chi connectivity index (χ0v) is 16.8. The van der Waals surface area contributed by atoms with Gasteiger partial charge in [-0.2, -0.15) is 0 Å². The summed E-state index contributed by atoms with van der Waals surface area (Å²) in [5, 5.41) is 3.12. The van der Waals surface area contributed by atoms with E-state index in [1.807, 2.05) is 51.1 Å². The van der Waals surface area contributed by atoms with E-state index in [4.69, 9.17) is 9.47 Å². The van der Waals surface area contributed by atoms with Crippen LogP contribution in [0.3, 0.4) is 0 Å². The van der Waals surface area contributed by atoms with Gasteiger partial charge >= 0.3 is 0 Å². The van der Waals surface area contributed by atoms with E-state index in [2.05, 4.69) is 31.3 Å². The van der Waals surface area contributed by atoms with E-state index < -0.39 is 0 Å². The van der Waals surface area contributed by atoms with Gasteiger partial charge in [0.2, 0.25) is 0 Å². The molecular weight excluding hydrogens is 338 g/mol. The van der Waals surface area contributed by atoms with Crippen LogP contribution >= 0.6 is 0 Å². The molecule has 0 fully saturated rings. The lowest BCUT2D eigenvalue weighted by Crippen LogP contribution is -2.42. The summed E-state index contributed by atoms with van der Waals surface area (Å²) in [7, 11) is 0. The van der Waals surface area contributed by atoms with Crippen LogP contribution in [0.5, 0.6) is 11.5 Å². The predicted molar refractivity (Wildman–Crippen MR) is 107 cm³/mol. The van der Waals surface area contributed by atoms with Gasteiger partial charge < -0.3 is 14.8 Å². The SMILES string of the molecule is Cc1ccc(C(C)C)c(OCC(=O)NC2CC(C)(C)Oc3ccccc32)c1. The summed E-state index contributed by atoms with van der Waals surface area (Å²) in [5.41, 5.74) is 2.93. The summed E-state index contributed by atoms with van der Waals surface area (Å²) in [5.74, 6) is 1.84. The fourth-order valence-corrected chi connectivity index (χ4v) is 3.55. The molecule has 0 spiro atoms. The van der Waals surface area contributed by atoms with E-state index in [1.54, 1.807) is 0 Å². The number of fused-ring (bicyclic) bond motifs is 1. The van der Waals surface area contributed by atoms with E-state index in [0.29, 0.717) is 5.92 Å². The van der Waals surface area contributed by atoms with Gasteiger partial charge in [-0.3, -0.25) is 4.79 Å². The molecule has 0 radical (unpaired) electrons. The minimum atomic E-state index is -0.325. The van der Waals surface area contributed by atoms with Crippen LogP contribution < -0.4 is 14.8 Å². The van der Waals surface area contributed by atoms with Crippen LogP contribution in [0.4, 0.5) is 0 Å². The number of benzene rings is 2. The van der Waals surface area contributed by atoms with Gasteiger partial charge in [0.25, 0.3) is 5.91 Å². The monoisotopic (exact) mass is 367 g/mol. The summed E-state index contributed by atoms with van der Waals surface area (Å²) in [6, 6.07) is 13.9. The average molecular weight is 367 g/mol. The molecule has 1 aliphatic rings. The van der Waals surface area contributed by atoms with Crippen LogP contribution in [-0.4, -0.2) is 18.1 Å². The van der Waals surface area contributed by atoms with Crippen molar-refractivity contribution < 1.29 is 14.3 Å². The van der Waals surface area contributed by atoms with Crippen LogP contribution in [0.1, 0.15) is 62.8 Å². The molecule has 144 valence electrons. The van der Waals surface area contributed by atoms with E-state index in [-0.39, 0.29) is 24.2 Å². The predicted octanol–water partition coefficient (Wildman–Crippen LogP) is 4.92. The maximum Gasteiger partial charge on any atom is 0.258 e. The van der Waals surface area contributed by atoms with Gasteiger partial charge in [-0.05, 0) is 49.9 Å². The van der Waals surface area contributed by atoms with Crippen molar-refractivity contribution in [3.8, 4) is 11.5 Å². The van der Waals surface area contributed by atoms with Crippen LogP contribution in [0.25, 0.3) is 0 Å². The normalized spacial score (nSPS) is 17.8. The first kappa shape index (κ1) is 19.3. The second kappa shape index (κ2) is 7.63. The molecule has 2 aromatic carbocycles. The quantitative estimate of drug-likeness (QED) is 0.816. The highest BCUT2D eigenvalue weighted by molar-refractivity contribution is 5.78. The second-order valence-corrected chi connectivity index (χ2v) is 8.21. The lowest BCUT2D eigenvalue weighted by Gasteiger charge is -2.37. The van der Waals surface area contributed by atoms with E-state index >= 15 is 0 Å². The first-order valence-electron chi connectivity index (χ1n) is 9.56. The van der Waals surface area contributed by atoms with Gasteiger partial charge in [0.1, 0.15) is 17.1 Å². The molecule has 1 amide bonds. The van der Waals surface area contributed by atoms with Crippen LogP contribution in [0.2, 0.25) is 0 Å². The Morgan fingerprint density at radius 2 is 2.00 bits per heavy atom. The van der Waals surface area contributed by atoms with Gasteiger partial charge in [-0.1, -0.05) is 44.2 Å². The van der Waals surface area contributed by atoms with Crippen LogP contribution in [0.15, 0.2) is 42.5 Å². The van der Waals surface area contributed by atoms with Gasteiger partial charge in [0, 0.05) is 12.0 Å². The van der Waals surface area contributed by atoms with Crippen LogP contribution in [-0.2, 0) is 4.79 Å². The largest absolute Gasteiger partial charge is 0.487 e. The van der Waals surface area contributed by atoms with Crippen molar-refractivity contribution in [3.05, 3.63) is 59.2 Å². The molecule has 0 saturated heterocycles. The smallest absolute Gasteiger partial charge is 0.258 e. The Hall–Kier alpha value is -2.49. The third-order valence-corrected chi connectivity index (χ3v) is 4.86. The highest BCUT2D eigenvalue weighted by Gasteiger charge is 2.34. The maximum atomic E-state index is 12.6. The molecule has 0 bridgehead atoms. The Balaban J connectivity index is 1.69.